The van der Waals surface area contributed by atoms with Gasteiger partial charge in [-0.25, -0.2) is 5.11 Å². The van der Waals surface area contributed by atoms with Crippen LogP contribution in [0.3, 0.4) is 0 Å². The van der Waals surface area contributed by atoms with Crippen LogP contribution in [0.4, 0.5) is 11.4 Å². The lowest BCUT2D eigenvalue weighted by atomic mass is 10.0. The zero-order valence-corrected chi connectivity index (χ0v) is 12.5. The molecule has 2 aromatic carbocycles. The van der Waals surface area contributed by atoms with Gasteiger partial charge in [-0.3, -0.25) is 0 Å². The van der Waals surface area contributed by atoms with Crippen molar-refractivity contribution in [3.8, 4) is 0 Å². The van der Waals surface area contributed by atoms with E-state index in [0.29, 0.717) is 0 Å². The van der Waals surface area contributed by atoms with Crippen LogP contribution in [0, 0.1) is 0 Å². The Kier molecular flexibility index (Phi) is 4.30. The fraction of sp³-hybridized carbons (Fsp3) is 0.294. The monoisotopic (exact) mass is 269 g/mol. The highest BCUT2D eigenvalue weighted by Crippen LogP contribution is 2.26. The molecule has 0 spiro atoms. The molecule has 3 nitrogen and oxygen atoms in total. The standard InChI is InChI=1S/C17H21N2O/c1-18(2)15-9-5-13(6-10-15)17(20)14-7-11-16(12-8-14)19(3)4/h5-12,17H,1-4H3. The predicted octanol–water partition coefficient (Wildman–Crippen LogP) is 3.34. The van der Waals surface area contributed by atoms with Gasteiger partial charge >= 0.3 is 0 Å². The molecule has 0 unspecified atom stereocenters. The molecule has 0 saturated carbocycles. The van der Waals surface area contributed by atoms with Crippen molar-refractivity contribution in [2.45, 2.75) is 6.10 Å². The summed E-state index contributed by atoms with van der Waals surface area (Å²) in [7, 11) is 7.96. The van der Waals surface area contributed by atoms with Crippen LogP contribution in [0.25, 0.3) is 0 Å². The predicted molar refractivity (Wildman–Crippen MR) is 84.1 cm³/mol. The van der Waals surface area contributed by atoms with Crippen LogP contribution in [-0.2, 0) is 5.11 Å². The van der Waals surface area contributed by atoms with Gasteiger partial charge in [0.2, 0.25) is 0 Å². The van der Waals surface area contributed by atoms with E-state index in [1.807, 2.05) is 86.5 Å². The van der Waals surface area contributed by atoms with Gasteiger partial charge in [-0.05, 0) is 35.4 Å². The largest absolute Gasteiger partial charge is 0.378 e. The fourth-order valence-electron chi connectivity index (χ4n) is 2.09. The van der Waals surface area contributed by atoms with E-state index in [9.17, 15) is 5.11 Å². The first-order chi connectivity index (χ1) is 9.49. The van der Waals surface area contributed by atoms with Crippen LogP contribution in [0.5, 0.6) is 0 Å². The normalized spacial score (nSPS) is 10.7. The summed E-state index contributed by atoms with van der Waals surface area (Å²) in [5.41, 5.74) is 3.80. The molecule has 0 bridgehead atoms. The van der Waals surface area contributed by atoms with Gasteiger partial charge in [-0.2, -0.15) is 0 Å². The molecule has 0 N–H and O–H groups in total. The summed E-state index contributed by atoms with van der Waals surface area (Å²) >= 11 is 0. The van der Waals surface area contributed by atoms with Crippen molar-refractivity contribution in [2.24, 2.45) is 0 Å². The van der Waals surface area contributed by atoms with Gasteiger partial charge in [-0.15, -0.1) is 0 Å². The molecule has 2 rings (SSSR count). The van der Waals surface area contributed by atoms with Crippen molar-refractivity contribution < 1.29 is 5.11 Å². The third-order valence-electron chi connectivity index (χ3n) is 3.42. The van der Waals surface area contributed by atoms with Gasteiger partial charge in [-0.1, -0.05) is 24.3 Å². The summed E-state index contributed by atoms with van der Waals surface area (Å²) in [4.78, 5) is 4.05. The maximum atomic E-state index is 12.5. The highest BCUT2D eigenvalue weighted by atomic mass is 16.3. The number of hydrogen-bond donors (Lipinski definition) is 0. The SMILES string of the molecule is CN(C)c1ccc(C([O])c2ccc(N(C)C)cc2)cc1. The van der Waals surface area contributed by atoms with E-state index >= 15 is 0 Å². The first-order valence-electron chi connectivity index (χ1n) is 6.69. The van der Waals surface area contributed by atoms with E-state index in [1.165, 1.54) is 0 Å². The average molecular weight is 269 g/mol. The first-order valence-corrected chi connectivity index (χ1v) is 6.69. The summed E-state index contributed by atoms with van der Waals surface area (Å²) in [6.07, 6.45) is -0.831. The maximum absolute atomic E-state index is 12.5. The Morgan fingerprint density at radius 1 is 0.650 bits per heavy atom. The molecule has 0 aromatic heterocycles. The molecular weight excluding hydrogens is 248 g/mol. The summed E-state index contributed by atoms with van der Waals surface area (Å²) in [5.74, 6) is 0. The summed E-state index contributed by atoms with van der Waals surface area (Å²) in [6.45, 7) is 0. The van der Waals surface area contributed by atoms with E-state index in [0.717, 1.165) is 22.5 Å². The van der Waals surface area contributed by atoms with E-state index < -0.39 is 6.10 Å². The van der Waals surface area contributed by atoms with Gasteiger partial charge in [0.25, 0.3) is 0 Å². The van der Waals surface area contributed by atoms with Crippen LogP contribution in [0.2, 0.25) is 0 Å². The van der Waals surface area contributed by atoms with E-state index in [2.05, 4.69) is 0 Å². The number of rotatable bonds is 4. The highest BCUT2D eigenvalue weighted by molar-refractivity contribution is 5.49. The zero-order chi connectivity index (χ0) is 14.7. The fourth-order valence-corrected chi connectivity index (χ4v) is 2.09. The Morgan fingerprint density at radius 2 is 0.950 bits per heavy atom. The lowest BCUT2D eigenvalue weighted by molar-refractivity contribution is 0.124. The molecule has 0 aliphatic heterocycles. The minimum absolute atomic E-state index is 0.799. The third kappa shape index (κ3) is 3.11. The molecule has 3 heteroatoms. The number of benzene rings is 2. The van der Waals surface area contributed by atoms with E-state index in [1.54, 1.807) is 0 Å². The minimum atomic E-state index is -0.831. The second kappa shape index (κ2) is 5.97. The third-order valence-corrected chi connectivity index (χ3v) is 3.42. The molecule has 0 atom stereocenters. The van der Waals surface area contributed by atoms with Crippen LogP contribution < -0.4 is 9.80 Å². The van der Waals surface area contributed by atoms with Crippen molar-refractivity contribution in [1.82, 2.24) is 0 Å². The Balaban J connectivity index is 2.19. The average Bonchev–Trinajstić information content (AvgIpc) is 2.46. The lowest BCUT2D eigenvalue weighted by Gasteiger charge is -2.16. The zero-order valence-electron chi connectivity index (χ0n) is 12.5. The molecule has 0 heterocycles. The van der Waals surface area contributed by atoms with Crippen molar-refractivity contribution in [3.63, 3.8) is 0 Å². The van der Waals surface area contributed by atoms with Crippen molar-refractivity contribution >= 4 is 11.4 Å². The minimum Gasteiger partial charge on any atom is -0.378 e. The molecule has 0 saturated heterocycles. The van der Waals surface area contributed by atoms with Crippen LogP contribution in [0.15, 0.2) is 48.5 Å². The smallest absolute Gasteiger partial charge is 0.143 e. The quantitative estimate of drug-likeness (QED) is 0.851. The highest BCUT2D eigenvalue weighted by Gasteiger charge is 2.12. The first kappa shape index (κ1) is 14.4. The van der Waals surface area contributed by atoms with Gasteiger partial charge in [0, 0.05) is 39.6 Å². The van der Waals surface area contributed by atoms with Crippen molar-refractivity contribution in [1.29, 1.82) is 0 Å². The number of nitrogens with zero attached hydrogens (tertiary/aromatic N) is 2. The number of hydrogen-bond acceptors (Lipinski definition) is 2. The maximum Gasteiger partial charge on any atom is 0.143 e. The van der Waals surface area contributed by atoms with Gasteiger partial charge in [0.05, 0.1) is 0 Å². The van der Waals surface area contributed by atoms with Crippen molar-refractivity contribution in [2.75, 3.05) is 38.0 Å². The van der Waals surface area contributed by atoms with E-state index in [4.69, 9.17) is 0 Å². The Bertz CT molecular complexity index is 493. The summed E-state index contributed by atoms with van der Waals surface area (Å²) < 4.78 is 0. The van der Waals surface area contributed by atoms with Crippen LogP contribution >= 0.6 is 0 Å². The molecule has 1 radical (unpaired) electrons. The molecular formula is C17H21N2O. The topological polar surface area (TPSA) is 26.4 Å². The molecule has 2 aromatic rings. The Labute approximate surface area is 121 Å². The molecule has 0 aliphatic rings. The van der Waals surface area contributed by atoms with Crippen LogP contribution in [-0.4, -0.2) is 28.2 Å². The molecule has 105 valence electrons. The van der Waals surface area contributed by atoms with Gasteiger partial charge in [0.1, 0.15) is 6.10 Å². The molecule has 0 aliphatic carbocycles. The second-order valence-electron chi connectivity index (χ2n) is 5.35. The van der Waals surface area contributed by atoms with Gasteiger partial charge < -0.3 is 9.80 Å². The van der Waals surface area contributed by atoms with Crippen molar-refractivity contribution in [3.05, 3.63) is 59.7 Å². The molecule has 20 heavy (non-hydrogen) atoms. The van der Waals surface area contributed by atoms with Crippen LogP contribution in [0.1, 0.15) is 17.2 Å². The van der Waals surface area contributed by atoms with Gasteiger partial charge in [0.15, 0.2) is 0 Å². The summed E-state index contributed by atoms with van der Waals surface area (Å²) in [5, 5.41) is 12.5. The second-order valence-corrected chi connectivity index (χ2v) is 5.35. The molecule has 0 fully saturated rings. The Morgan fingerprint density at radius 3 is 1.20 bits per heavy atom. The Hall–Kier alpha value is -2.00. The summed E-state index contributed by atoms with van der Waals surface area (Å²) in [6, 6.07) is 15.6. The lowest BCUT2D eigenvalue weighted by Crippen LogP contribution is -2.09. The number of anilines is 2. The molecule has 0 amide bonds. The van der Waals surface area contributed by atoms with E-state index in [-0.39, 0.29) is 0 Å².